The maximum atomic E-state index is 2.55. The summed E-state index contributed by atoms with van der Waals surface area (Å²) in [5.41, 5.74) is 17.5. The second kappa shape index (κ2) is 12.2. The van der Waals surface area contributed by atoms with Crippen LogP contribution in [0.15, 0.2) is 139 Å². The first-order valence-electron chi connectivity index (χ1n) is 20.1. The van der Waals surface area contributed by atoms with E-state index in [1.807, 2.05) is 0 Å². The monoisotopic (exact) mass is 714 g/mol. The van der Waals surface area contributed by atoms with Crippen LogP contribution in [0.2, 0.25) is 0 Å². The van der Waals surface area contributed by atoms with Crippen molar-refractivity contribution < 1.29 is 0 Å². The Morgan fingerprint density at radius 2 is 1.35 bits per heavy atom. The van der Waals surface area contributed by atoms with Crippen LogP contribution in [-0.4, -0.2) is 11.1 Å². The molecule has 1 unspecified atom stereocenters. The van der Waals surface area contributed by atoms with Crippen LogP contribution in [-0.2, 0) is 11.8 Å². The Morgan fingerprint density at radius 3 is 2.11 bits per heavy atom. The zero-order valence-electron chi connectivity index (χ0n) is 33.0. The van der Waals surface area contributed by atoms with Gasteiger partial charge in [0, 0.05) is 22.8 Å². The van der Waals surface area contributed by atoms with Gasteiger partial charge in [-0.25, -0.2) is 0 Å². The minimum atomic E-state index is -0.116. The number of benzene rings is 5. The van der Waals surface area contributed by atoms with Crippen molar-refractivity contribution in [2.24, 2.45) is 5.92 Å². The van der Waals surface area contributed by atoms with E-state index < -0.39 is 0 Å². The highest BCUT2D eigenvalue weighted by Gasteiger charge is 2.44. The molecule has 0 aromatic heterocycles. The minimum absolute atomic E-state index is 0.0278. The summed E-state index contributed by atoms with van der Waals surface area (Å²) in [5, 5.41) is 2.70. The summed E-state index contributed by atoms with van der Waals surface area (Å²) in [5.74, 6) is 0.449. The van der Waals surface area contributed by atoms with Gasteiger partial charge >= 0.3 is 0 Å². The lowest BCUT2D eigenvalue weighted by Crippen LogP contribution is -2.44. The number of para-hydroxylation sites is 2. The highest BCUT2D eigenvalue weighted by atomic mass is 15.2. The molecule has 272 valence electrons. The topological polar surface area (TPSA) is 6.48 Å². The predicted octanol–water partition coefficient (Wildman–Crippen LogP) is 13.7. The van der Waals surface area contributed by atoms with Gasteiger partial charge in [-0.05, 0) is 156 Å². The van der Waals surface area contributed by atoms with Crippen LogP contribution in [0.5, 0.6) is 0 Å². The fourth-order valence-electron chi connectivity index (χ4n) is 10.3. The summed E-state index contributed by atoms with van der Waals surface area (Å²) >= 11 is 0. The molecule has 2 nitrogen and oxygen atoms in total. The van der Waals surface area contributed by atoms with Gasteiger partial charge < -0.3 is 9.80 Å². The number of nitrogens with zero attached hydrogens (tertiary/aromatic N) is 2. The molecule has 0 N–H and O–H groups in total. The normalized spacial score (nSPS) is 21.0. The second-order valence-corrected chi connectivity index (χ2v) is 17.9. The molecule has 5 aromatic rings. The summed E-state index contributed by atoms with van der Waals surface area (Å²) in [4.78, 5) is 5.07. The lowest BCUT2D eigenvalue weighted by molar-refractivity contribution is 0.410. The van der Waals surface area contributed by atoms with Crippen molar-refractivity contribution in [3.8, 4) is 0 Å². The van der Waals surface area contributed by atoms with Crippen LogP contribution in [0, 0.1) is 5.92 Å². The van der Waals surface area contributed by atoms with Crippen molar-refractivity contribution in [2.75, 3.05) is 9.80 Å². The van der Waals surface area contributed by atoms with Crippen LogP contribution in [0.1, 0.15) is 93.3 Å². The lowest BCUT2D eigenvalue weighted by atomic mass is 9.73. The molecule has 0 spiro atoms. The van der Waals surface area contributed by atoms with Crippen molar-refractivity contribution in [3.63, 3.8) is 0 Å². The van der Waals surface area contributed by atoms with Gasteiger partial charge in [0.05, 0.1) is 11.1 Å². The van der Waals surface area contributed by atoms with E-state index in [-0.39, 0.29) is 16.5 Å². The highest BCUT2D eigenvalue weighted by molar-refractivity contribution is 5.92. The van der Waals surface area contributed by atoms with Gasteiger partial charge in [0.25, 0.3) is 0 Å². The summed E-state index contributed by atoms with van der Waals surface area (Å²) in [6.45, 7) is 14.2. The van der Waals surface area contributed by atoms with Gasteiger partial charge in [-0.3, -0.25) is 0 Å². The first-order chi connectivity index (χ1) is 26.5. The molecule has 1 atom stereocenters. The summed E-state index contributed by atoms with van der Waals surface area (Å²) in [7, 11) is 0. The predicted molar refractivity (Wildman–Crippen MR) is 237 cm³/mol. The SMILES string of the molecule is CC1(C)c2cc(N3c4ccccc4C=CC3(C)C)ccc2C2=CC=C(/C=C/c3ccc4c5c(ccc4c3)C=C(N3c4ccccc4C=CC3(C)C)CC5)CC21. The van der Waals surface area contributed by atoms with Gasteiger partial charge in [0.1, 0.15) is 0 Å². The number of allylic oxidation sites excluding steroid dienone is 6. The van der Waals surface area contributed by atoms with Gasteiger partial charge in [-0.15, -0.1) is 0 Å². The van der Waals surface area contributed by atoms with Crippen molar-refractivity contribution in [2.45, 2.75) is 77.3 Å². The molecular weight excluding hydrogens is 665 g/mol. The maximum absolute atomic E-state index is 2.55. The molecule has 0 radical (unpaired) electrons. The smallest absolute Gasteiger partial charge is 0.0580 e. The fraction of sp³-hybridized carbons (Fsp3) is 0.245. The molecule has 10 rings (SSSR count). The Balaban J connectivity index is 0.902. The Hall–Kier alpha value is -5.60. The van der Waals surface area contributed by atoms with E-state index in [1.54, 1.807) is 0 Å². The number of rotatable bonds is 4. The van der Waals surface area contributed by atoms with E-state index in [9.17, 15) is 0 Å². The van der Waals surface area contributed by atoms with Crippen molar-refractivity contribution in [1.82, 2.24) is 0 Å². The number of hydrogen-bond acceptors (Lipinski definition) is 2. The van der Waals surface area contributed by atoms with Gasteiger partial charge in [0.2, 0.25) is 0 Å². The molecule has 5 aliphatic rings. The van der Waals surface area contributed by atoms with Crippen LogP contribution >= 0.6 is 0 Å². The first kappa shape index (κ1) is 33.9. The number of aryl methyl sites for hydroxylation is 1. The molecular formula is C53H50N2. The summed E-state index contributed by atoms with van der Waals surface area (Å²) in [6, 6.07) is 36.5. The molecule has 0 fully saturated rings. The van der Waals surface area contributed by atoms with Crippen LogP contribution in [0.25, 0.3) is 40.6 Å². The van der Waals surface area contributed by atoms with E-state index >= 15 is 0 Å². The van der Waals surface area contributed by atoms with E-state index in [4.69, 9.17) is 0 Å². The summed E-state index contributed by atoms with van der Waals surface area (Å²) in [6.07, 6.45) is 24.2. The number of fused-ring (bicyclic) bond motifs is 8. The minimum Gasteiger partial charge on any atom is -0.336 e. The third-order valence-electron chi connectivity index (χ3n) is 13.2. The third kappa shape index (κ3) is 5.44. The molecule has 0 saturated carbocycles. The highest BCUT2D eigenvalue weighted by Crippen LogP contribution is 2.55. The average molecular weight is 715 g/mol. The van der Waals surface area contributed by atoms with E-state index in [0.29, 0.717) is 5.92 Å². The lowest BCUT2D eigenvalue weighted by Gasteiger charge is -2.44. The molecule has 5 aromatic carbocycles. The quantitative estimate of drug-likeness (QED) is 0.183. The summed E-state index contributed by atoms with van der Waals surface area (Å²) < 4.78 is 0. The molecule has 2 heterocycles. The molecule has 2 aliphatic heterocycles. The molecule has 0 amide bonds. The molecule has 2 heteroatoms. The Morgan fingerprint density at radius 1 is 0.636 bits per heavy atom. The fourth-order valence-corrected chi connectivity index (χ4v) is 10.3. The molecule has 0 bridgehead atoms. The zero-order chi connectivity index (χ0) is 37.7. The standard InChI is InChI=1S/C53H50N2/c1-51(2)29-27-37-11-7-9-13-49(37)54(51)41-21-25-44-40(33-41)20-19-39-31-35(17-23-43(39)44)15-16-36-18-24-45-46-26-22-42(34-48(46)53(5,6)47(45)32-36)55-50-14-10-8-12-38(50)28-30-52(55,3)4/h7-20,22-24,26-31,33-34,47H,21,25,32H2,1-6H3/b16-15+. The zero-order valence-corrected chi connectivity index (χ0v) is 33.0. The second-order valence-electron chi connectivity index (χ2n) is 17.9. The van der Waals surface area contributed by atoms with Gasteiger partial charge in [-0.1, -0.05) is 129 Å². The maximum Gasteiger partial charge on any atom is 0.0580 e. The Labute approximate surface area is 327 Å². The first-order valence-corrected chi connectivity index (χ1v) is 20.1. The number of hydrogen-bond donors (Lipinski definition) is 0. The van der Waals surface area contributed by atoms with Gasteiger partial charge in [-0.2, -0.15) is 0 Å². The van der Waals surface area contributed by atoms with Crippen LogP contribution < -0.4 is 9.80 Å². The van der Waals surface area contributed by atoms with Gasteiger partial charge in [0.15, 0.2) is 0 Å². The molecule has 3 aliphatic carbocycles. The number of anilines is 3. The van der Waals surface area contributed by atoms with Crippen molar-refractivity contribution in [1.29, 1.82) is 0 Å². The van der Waals surface area contributed by atoms with Crippen molar-refractivity contribution >= 4 is 57.7 Å². The van der Waals surface area contributed by atoms with Crippen LogP contribution in [0.3, 0.4) is 0 Å². The van der Waals surface area contributed by atoms with E-state index in [2.05, 4.69) is 203 Å². The molecule has 55 heavy (non-hydrogen) atoms. The Kier molecular flexibility index (Phi) is 7.53. The third-order valence-corrected chi connectivity index (χ3v) is 13.2. The average Bonchev–Trinajstić information content (AvgIpc) is 3.40. The van der Waals surface area contributed by atoms with Crippen LogP contribution in [0.4, 0.5) is 17.1 Å². The van der Waals surface area contributed by atoms with E-state index in [1.165, 1.54) is 83.6 Å². The largest absolute Gasteiger partial charge is 0.336 e. The van der Waals surface area contributed by atoms with Crippen molar-refractivity contribution in [3.05, 3.63) is 178 Å². The van der Waals surface area contributed by atoms with E-state index in [0.717, 1.165) is 19.3 Å². The Bertz CT molecular complexity index is 2610. The molecule has 0 saturated heterocycles.